The summed E-state index contributed by atoms with van der Waals surface area (Å²) in [6, 6.07) is 0.955. The van der Waals surface area contributed by atoms with E-state index >= 15 is 0 Å². The van der Waals surface area contributed by atoms with Crippen molar-refractivity contribution < 1.29 is 9.47 Å². The van der Waals surface area contributed by atoms with E-state index in [-0.39, 0.29) is 0 Å². The van der Waals surface area contributed by atoms with Gasteiger partial charge in [-0.15, -0.1) is 0 Å². The van der Waals surface area contributed by atoms with Gasteiger partial charge in [0.25, 0.3) is 0 Å². The van der Waals surface area contributed by atoms with Crippen molar-refractivity contribution in [1.82, 2.24) is 10.2 Å². The van der Waals surface area contributed by atoms with Crippen LogP contribution in [0.25, 0.3) is 0 Å². The maximum Gasteiger partial charge on any atom is 0.0615 e. The predicted molar refractivity (Wildman–Crippen MR) is 81.7 cm³/mol. The van der Waals surface area contributed by atoms with Gasteiger partial charge in [-0.1, -0.05) is 27.2 Å². The summed E-state index contributed by atoms with van der Waals surface area (Å²) in [7, 11) is 3.52. The van der Waals surface area contributed by atoms with Crippen LogP contribution in [0.2, 0.25) is 0 Å². The molecule has 0 bridgehead atoms. The fourth-order valence-electron chi connectivity index (χ4n) is 2.29. The Balaban J connectivity index is 4.53. The molecule has 3 unspecified atom stereocenters. The van der Waals surface area contributed by atoms with E-state index in [1.807, 2.05) is 0 Å². The van der Waals surface area contributed by atoms with E-state index in [0.717, 1.165) is 32.8 Å². The second-order valence-corrected chi connectivity index (χ2v) is 5.34. The van der Waals surface area contributed by atoms with Gasteiger partial charge in [0, 0.05) is 39.4 Å². The molecule has 0 rings (SSSR count). The molecule has 116 valence electrons. The number of nitrogens with one attached hydrogen (secondary N) is 1. The van der Waals surface area contributed by atoms with E-state index in [2.05, 4.69) is 37.9 Å². The molecule has 0 spiro atoms. The largest absolute Gasteiger partial charge is 0.383 e. The van der Waals surface area contributed by atoms with Gasteiger partial charge in [-0.2, -0.15) is 0 Å². The van der Waals surface area contributed by atoms with Gasteiger partial charge in [-0.05, 0) is 19.4 Å². The lowest BCUT2D eigenvalue weighted by molar-refractivity contribution is 0.0640. The Morgan fingerprint density at radius 3 is 2.26 bits per heavy atom. The van der Waals surface area contributed by atoms with E-state index in [1.54, 1.807) is 14.2 Å². The summed E-state index contributed by atoms with van der Waals surface area (Å²) in [5, 5.41) is 3.61. The SMILES string of the molecule is CCNC(CN(CCOC)C(C)COC)C(C)CC. The average Bonchev–Trinajstić information content (AvgIpc) is 2.41. The molecule has 3 atom stereocenters. The quantitative estimate of drug-likeness (QED) is 0.590. The summed E-state index contributed by atoms with van der Waals surface area (Å²) in [4.78, 5) is 2.46. The Labute approximate surface area is 119 Å². The molecule has 0 aromatic rings. The van der Waals surface area contributed by atoms with Crippen molar-refractivity contribution in [2.24, 2.45) is 5.92 Å². The average molecular weight is 274 g/mol. The van der Waals surface area contributed by atoms with Gasteiger partial charge < -0.3 is 14.8 Å². The highest BCUT2D eigenvalue weighted by atomic mass is 16.5. The normalized spacial score (nSPS) is 16.6. The number of hydrogen-bond acceptors (Lipinski definition) is 4. The van der Waals surface area contributed by atoms with Crippen molar-refractivity contribution >= 4 is 0 Å². The van der Waals surface area contributed by atoms with Crippen LogP contribution in [-0.2, 0) is 9.47 Å². The summed E-state index contributed by atoms with van der Waals surface area (Å²) >= 11 is 0. The minimum atomic E-state index is 0.422. The molecule has 0 amide bonds. The fraction of sp³-hybridized carbons (Fsp3) is 1.00. The molecule has 0 saturated carbocycles. The first kappa shape index (κ1) is 18.8. The number of methoxy groups -OCH3 is 2. The van der Waals surface area contributed by atoms with E-state index in [9.17, 15) is 0 Å². The van der Waals surface area contributed by atoms with Crippen molar-refractivity contribution in [2.45, 2.75) is 46.2 Å². The summed E-state index contributed by atoms with van der Waals surface area (Å²) in [6.45, 7) is 13.5. The summed E-state index contributed by atoms with van der Waals surface area (Å²) in [5.74, 6) is 0.680. The molecule has 0 radical (unpaired) electrons. The Kier molecular flexibility index (Phi) is 11.6. The van der Waals surface area contributed by atoms with Crippen LogP contribution in [0.3, 0.4) is 0 Å². The molecule has 0 aliphatic rings. The zero-order chi connectivity index (χ0) is 14.7. The van der Waals surface area contributed by atoms with Crippen LogP contribution in [0.4, 0.5) is 0 Å². The zero-order valence-corrected chi connectivity index (χ0v) is 13.7. The molecule has 4 heteroatoms. The standard InChI is InChI=1S/C15H34N2O2/c1-7-13(3)15(16-8-2)11-17(9-10-18-5)14(4)12-19-6/h13-16H,7-12H2,1-6H3. The highest BCUT2D eigenvalue weighted by Gasteiger charge is 2.21. The predicted octanol–water partition coefficient (Wildman–Crippen LogP) is 1.99. The molecule has 0 saturated heterocycles. The third kappa shape index (κ3) is 7.88. The van der Waals surface area contributed by atoms with Crippen LogP contribution in [0.1, 0.15) is 34.1 Å². The number of ether oxygens (including phenoxy) is 2. The highest BCUT2D eigenvalue weighted by Crippen LogP contribution is 2.11. The Bertz CT molecular complexity index is 203. The molecule has 19 heavy (non-hydrogen) atoms. The number of nitrogens with zero attached hydrogens (tertiary/aromatic N) is 1. The van der Waals surface area contributed by atoms with Crippen molar-refractivity contribution in [3.63, 3.8) is 0 Å². The Morgan fingerprint density at radius 2 is 1.79 bits per heavy atom. The number of likely N-dealkylation sites (N-methyl/N-ethyl adjacent to an activating group) is 1. The lowest BCUT2D eigenvalue weighted by Gasteiger charge is -2.34. The van der Waals surface area contributed by atoms with Crippen molar-refractivity contribution in [3.8, 4) is 0 Å². The molecule has 0 fully saturated rings. The first-order valence-electron chi connectivity index (χ1n) is 7.55. The molecule has 0 aromatic carbocycles. The minimum absolute atomic E-state index is 0.422. The van der Waals surface area contributed by atoms with Crippen molar-refractivity contribution in [3.05, 3.63) is 0 Å². The molecular weight excluding hydrogens is 240 g/mol. The van der Waals surface area contributed by atoms with Gasteiger partial charge in [0.05, 0.1) is 13.2 Å². The molecule has 1 N–H and O–H groups in total. The second-order valence-electron chi connectivity index (χ2n) is 5.34. The third-order valence-corrected chi connectivity index (χ3v) is 3.84. The van der Waals surface area contributed by atoms with Crippen LogP contribution in [0, 0.1) is 5.92 Å². The first-order valence-corrected chi connectivity index (χ1v) is 7.55. The van der Waals surface area contributed by atoms with Crippen molar-refractivity contribution in [1.29, 1.82) is 0 Å². The molecule has 0 aromatic heterocycles. The lowest BCUT2D eigenvalue weighted by atomic mass is 9.98. The van der Waals surface area contributed by atoms with Crippen LogP contribution < -0.4 is 5.32 Å². The van der Waals surface area contributed by atoms with Crippen LogP contribution in [0.5, 0.6) is 0 Å². The van der Waals surface area contributed by atoms with E-state index in [1.165, 1.54) is 6.42 Å². The van der Waals surface area contributed by atoms with Crippen molar-refractivity contribution in [2.75, 3.05) is 47.1 Å². The molecule has 0 aliphatic carbocycles. The van der Waals surface area contributed by atoms with Gasteiger partial charge in [0.15, 0.2) is 0 Å². The lowest BCUT2D eigenvalue weighted by Crippen LogP contribution is -2.49. The maximum absolute atomic E-state index is 5.29. The van der Waals surface area contributed by atoms with Gasteiger partial charge >= 0.3 is 0 Å². The minimum Gasteiger partial charge on any atom is -0.383 e. The molecular formula is C15H34N2O2. The summed E-state index contributed by atoms with van der Waals surface area (Å²) in [5.41, 5.74) is 0. The smallest absolute Gasteiger partial charge is 0.0615 e. The van der Waals surface area contributed by atoms with E-state index in [0.29, 0.717) is 18.0 Å². The van der Waals surface area contributed by atoms with E-state index in [4.69, 9.17) is 9.47 Å². The van der Waals surface area contributed by atoms with Gasteiger partial charge in [-0.3, -0.25) is 4.90 Å². The number of rotatable bonds is 12. The van der Waals surface area contributed by atoms with Crippen LogP contribution in [0.15, 0.2) is 0 Å². The van der Waals surface area contributed by atoms with Crippen LogP contribution in [-0.4, -0.2) is 64.1 Å². The molecule has 4 nitrogen and oxygen atoms in total. The van der Waals surface area contributed by atoms with E-state index < -0.39 is 0 Å². The topological polar surface area (TPSA) is 33.7 Å². The van der Waals surface area contributed by atoms with Gasteiger partial charge in [0.2, 0.25) is 0 Å². The monoisotopic (exact) mass is 274 g/mol. The Hall–Kier alpha value is -0.160. The molecule has 0 aliphatic heterocycles. The second kappa shape index (κ2) is 11.6. The Morgan fingerprint density at radius 1 is 1.11 bits per heavy atom. The summed E-state index contributed by atoms with van der Waals surface area (Å²) in [6.07, 6.45) is 1.20. The summed E-state index contributed by atoms with van der Waals surface area (Å²) < 4.78 is 10.5. The van der Waals surface area contributed by atoms with Crippen LogP contribution >= 0.6 is 0 Å². The first-order chi connectivity index (χ1) is 9.10. The van der Waals surface area contributed by atoms with Gasteiger partial charge in [-0.25, -0.2) is 0 Å². The maximum atomic E-state index is 5.29. The fourth-order valence-corrected chi connectivity index (χ4v) is 2.29. The molecule has 0 heterocycles. The zero-order valence-electron chi connectivity index (χ0n) is 13.7. The number of hydrogen-bond donors (Lipinski definition) is 1. The van der Waals surface area contributed by atoms with Gasteiger partial charge in [0.1, 0.15) is 0 Å². The highest BCUT2D eigenvalue weighted by molar-refractivity contribution is 4.79. The third-order valence-electron chi connectivity index (χ3n) is 3.84.